The fourth-order valence-electron chi connectivity index (χ4n) is 3.13. The summed E-state index contributed by atoms with van der Waals surface area (Å²) in [7, 11) is 0. The number of likely N-dealkylation sites (tertiary alicyclic amines) is 1. The van der Waals surface area contributed by atoms with Crippen molar-refractivity contribution in [2.24, 2.45) is 0 Å². The Balaban J connectivity index is 1.77. The zero-order valence-corrected chi connectivity index (χ0v) is 13.7. The van der Waals surface area contributed by atoms with Crippen LogP contribution in [-0.2, 0) is 9.59 Å². The Labute approximate surface area is 137 Å². The van der Waals surface area contributed by atoms with Gasteiger partial charge in [-0.3, -0.25) is 9.59 Å². The number of imide groups is 1. The van der Waals surface area contributed by atoms with E-state index < -0.39 is 0 Å². The highest BCUT2D eigenvalue weighted by Gasteiger charge is 2.46. The Bertz CT molecular complexity index is 553. The maximum Gasteiger partial charge on any atom is 0.292 e. The number of carbonyl (C=O) groups excluding carboxylic acids is 2. The molecule has 6 heteroatoms. The van der Waals surface area contributed by atoms with E-state index in [0.717, 1.165) is 21.6 Å². The lowest BCUT2D eigenvalue weighted by Crippen LogP contribution is -3.17. The lowest BCUT2D eigenvalue weighted by Gasteiger charge is -2.29. The molecule has 2 N–H and O–H groups in total. The van der Waals surface area contributed by atoms with Gasteiger partial charge in [0.25, 0.3) is 5.91 Å². The van der Waals surface area contributed by atoms with Gasteiger partial charge in [0.1, 0.15) is 0 Å². The second kappa shape index (κ2) is 6.02. The molecule has 2 aliphatic rings. The number of halogens is 1. The molecule has 1 aromatic rings. The van der Waals surface area contributed by atoms with Crippen molar-refractivity contribution >= 4 is 40.1 Å². The van der Waals surface area contributed by atoms with Gasteiger partial charge in [-0.1, -0.05) is 0 Å². The summed E-state index contributed by atoms with van der Waals surface area (Å²) in [5.74, 6) is -0.225. The van der Waals surface area contributed by atoms with Crippen LogP contribution in [0, 0.1) is 3.57 Å². The summed E-state index contributed by atoms with van der Waals surface area (Å²) in [6, 6.07) is 7.14. The molecule has 2 heterocycles. The van der Waals surface area contributed by atoms with Crippen molar-refractivity contribution in [1.82, 2.24) is 0 Å². The van der Waals surface area contributed by atoms with E-state index in [2.05, 4.69) is 22.6 Å². The first kappa shape index (κ1) is 14.9. The minimum absolute atomic E-state index is 0.104. The van der Waals surface area contributed by atoms with E-state index in [1.165, 1.54) is 4.90 Å². The van der Waals surface area contributed by atoms with Gasteiger partial charge in [0.15, 0.2) is 6.04 Å². The number of amides is 2. The molecule has 112 valence electrons. The molecule has 0 aliphatic carbocycles. The number of nitrogens with zero attached hydrogens (tertiary/aromatic N) is 1. The Hall–Kier alpha value is -0.990. The molecular weight excluding hydrogens is 383 g/mol. The average Bonchev–Trinajstić information content (AvgIpc) is 2.76. The maximum atomic E-state index is 12.6. The van der Waals surface area contributed by atoms with Crippen LogP contribution >= 0.6 is 22.6 Å². The molecular formula is C15H18IN2O3+. The van der Waals surface area contributed by atoms with Gasteiger partial charge in [-0.25, -0.2) is 4.90 Å². The van der Waals surface area contributed by atoms with E-state index in [9.17, 15) is 14.7 Å². The minimum Gasteiger partial charge on any atom is -0.393 e. The zero-order valence-electron chi connectivity index (χ0n) is 11.6. The van der Waals surface area contributed by atoms with Crippen LogP contribution < -0.4 is 9.80 Å². The van der Waals surface area contributed by atoms with Crippen LogP contribution in [0.25, 0.3) is 0 Å². The Morgan fingerprint density at radius 1 is 1.14 bits per heavy atom. The molecule has 2 amide bonds. The quantitative estimate of drug-likeness (QED) is 0.541. The standard InChI is InChI=1S/C15H17IN2O3/c16-10-1-3-11(4-2-10)18-14(20)9-13(15(18)21)17-7-5-12(19)6-8-17/h1-4,12-13,19H,5-9H2/p+1/t13-/m1/s1. The van der Waals surface area contributed by atoms with Crippen molar-refractivity contribution in [3.63, 3.8) is 0 Å². The molecule has 0 bridgehead atoms. The third kappa shape index (κ3) is 2.97. The summed E-state index contributed by atoms with van der Waals surface area (Å²) in [6.45, 7) is 1.51. The lowest BCUT2D eigenvalue weighted by molar-refractivity contribution is -0.920. The summed E-state index contributed by atoms with van der Waals surface area (Å²) < 4.78 is 1.07. The van der Waals surface area contributed by atoms with Gasteiger partial charge in [-0.2, -0.15) is 0 Å². The molecule has 1 atom stereocenters. The van der Waals surface area contributed by atoms with E-state index in [1.54, 1.807) is 0 Å². The van der Waals surface area contributed by atoms with Gasteiger partial charge in [0, 0.05) is 16.4 Å². The third-order valence-corrected chi connectivity index (χ3v) is 5.04. The van der Waals surface area contributed by atoms with Crippen LogP contribution in [0.15, 0.2) is 24.3 Å². The van der Waals surface area contributed by atoms with Crippen molar-refractivity contribution in [2.45, 2.75) is 31.4 Å². The van der Waals surface area contributed by atoms with Gasteiger partial charge in [-0.15, -0.1) is 0 Å². The van der Waals surface area contributed by atoms with Crippen LogP contribution in [0.3, 0.4) is 0 Å². The highest BCUT2D eigenvalue weighted by atomic mass is 127. The highest BCUT2D eigenvalue weighted by molar-refractivity contribution is 14.1. The van der Waals surface area contributed by atoms with Crippen LogP contribution in [0.4, 0.5) is 5.69 Å². The zero-order chi connectivity index (χ0) is 15.0. The number of hydrogen-bond acceptors (Lipinski definition) is 3. The van der Waals surface area contributed by atoms with E-state index in [1.807, 2.05) is 24.3 Å². The minimum atomic E-state index is -0.288. The summed E-state index contributed by atoms with van der Waals surface area (Å²) in [4.78, 5) is 27.3. The fourth-order valence-corrected chi connectivity index (χ4v) is 3.49. The van der Waals surface area contributed by atoms with Crippen molar-refractivity contribution in [3.05, 3.63) is 27.8 Å². The molecule has 21 heavy (non-hydrogen) atoms. The number of nitrogens with one attached hydrogen (secondary N) is 1. The number of rotatable bonds is 2. The number of benzene rings is 1. The van der Waals surface area contributed by atoms with E-state index in [0.29, 0.717) is 18.5 Å². The molecule has 0 spiro atoms. The lowest BCUT2D eigenvalue weighted by atomic mass is 10.1. The molecule has 1 aromatic carbocycles. The van der Waals surface area contributed by atoms with E-state index in [-0.39, 0.29) is 30.4 Å². The normalized spacial score (nSPS) is 30.0. The predicted octanol–water partition coefficient (Wildman–Crippen LogP) is -0.0373. The summed E-state index contributed by atoms with van der Waals surface area (Å²) in [5.41, 5.74) is 0.657. The van der Waals surface area contributed by atoms with Crippen molar-refractivity contribution in [3.8, 4) is 0 Å². The van der Waals surface area contributed by atoms with Crippen LogP contribution in [0.5, 0.6) is 0 Å². The number of hydrogen-bond donors (Lipinski definition) is 2. The van der Waals surface area contributed by atoms with Crippen LogP contribution in [0.1, 0.15) is 19.3 Å². The molecule has 0 unspecified atom stereocenters. The SMILES string of the molecule is O=C1C[C@@H]([NH+]2CCC(O)CC2)C(=O)N1c1ccc(I)cc1. The number of anilines is 1. The van der Waals surface area contributed by atoms with Crippen LogP contribution in [-0.4, -0.2) is 42.2 Å². The van der Waals surface area contributed by atoms with Gasteiger partial charge < -0.3 is 10.0 Å². The number of aliphatic hydroxyl groups is 1. The van der Waals surface area contributed by atoms with Gasteiger partial charge >= 0.3 is 0 Å². The van der Waals surface area contributed by atoms with Gasteiger partial charge in [-0.05, 0) is 46.9 Å². The van der Waals surface area contributed by atoms with Gasteiger partial charge in [0.2, 0.25) is 5.91 Å². The molecule has 0 radical (unpaired) electrons. The molecule has 2 aliphatic heterocycles. The molecule has 0 saturated carbocycles. The maximum absolute atomic E-state index is 12.6. The number of aliphatic hydroxyl groups excluding tert-OH is 1. The average molecular weight is 401 g/mol. The first-order valence-corrected chi connectivity index (χ1v) is 8.29. The summed E-state index contributed by atoms with van der Waals surface area (Å²) in [5, 5.41) is 9.57. The molecule has 0 aromatic heterocycles. The van der Waals surface area contributed by atoms with Crippen molar-refractivity contribution in [2.75, 3.05) is 18.0 Å². The number of quaternary nitrogens is 1. The number of carbonyl (C=O) groups is 2. The predicted molar refractivity (Wildman–Crippen MR) is 86.0 cm³/mol. The molecule has 2 fully saturated rings. The first-order chi connectivity index (χ1) is 10.1. The number of piperidine rings is 1. The summed E-state index contributed by atoms with van der Waals surface area (Å²) >= 11 is 2.20. The smallest absolute Gasteiger partial charge is 0.292 e. The molecule has 3 rings (SSSR count). The second-order valence-electron chi connectivity index (χ2n) is 5.69. The Kier molecular flexibility index (Phi) is 4.28. The van der Waals surface area contributed by atoms with Gasteiger partial charge in [0.05, 0.1) is 31.3 Å². The van der Waals surface area contributed by atoms with Crippen molar-refractivity contribution in [1.29, 1.82) is 0 Å². The second-order valence-corrected chi connectivity index (χ2v) is 6.94. The third-order valence-electron chi connectivity index (χ3n) is 4.32. The summed E-state index contributed by atoms with van der Waals surface area (Å²) in [6.07, 6.45) is 1.43. The largest absolute Gasteiger partial charge is 0.393 e. The monoisotopic (exact) mass is 401 g/mol. The Morgan fingerprint density at radius 3 is 2.38 bits per heavy atom. The van der Waals surface area contributed by atoms with E-state index >= 15 is 0 Å². The van der Waals surface area contributed by atoms with Crippen molar-refractivity contribution < 1.29 is 19.6 Å². The first-order valence-electron chi connectivity index (χ1n) is 7.21. The molecule has 5 nitrogen and oxygen atoms in total. The van der Waals surface area contributed by atoms with E-state index in [4.69, 9.17) is 0 Å². The highest BCUT2D eigenvalue weighted by Crippen LogP contribution is 2.23. The van der Waals surface area contributed by atoms with Crippen LogP contribution in [0.2, 0.25) is 0 Å². The fraction of sp³-hybridized carbons (Fsp3) is 0.467. The Morgan fingerprint density at radius 2 is 1.76 bits per heavy atom. The molecule has 2 saturated heterocycles. The topological polar surface area (TPSA) is 62.1 Å².